The molecule has 0 fully saturated rings. The third-order valence-electron chi connectivity index (χ3n) is 1.60. The molecule has 7 heteroatoms. The summed E-state index contributed by atoms with van der Waals surface area (Å²) in [6, 6.07) is 0. The van der Waals surface area contributed by atoms with Crippen molar-refractivity contribution < 1.29 is 13.9 Å². The molecule has 0 saturated carbocycles. The Morgan fingerprint density at radius 1 is 1.54 bits per heavy atom. The molecule has 1 N–H and O–H groups in total. The lowest BCUT2D eigenvalue weighted by Gasteiger charge is -2.15. The van der Waals surface area contributed by atoms with Crippen LogP contribution in [0.2, 0.25) is 0 Å². The second-order valence-corrected chi connectivity index (χ2v) is 3.25. The van der Waals surface area contributed by atoms with Gasteiger partial charge in [-0.2, -0.15) is 8.78 Å². The highest BCUT2D eigenvalue weighted by atomic mass is 19.3. The van der Waals surface area contributed by atoms with Gasteiger partial charge in [-0.1, -0.05) is 18.6 Å². The number of rotatable bonds is 3. The average molecular weight is 192 g/mol. The lowest BCUT2D eigenvalue weighted by atomic mass is 9.94. The number of hydrogen-bond donors (Lipinski definition) is 1. The van der Waals surface area contributed by atoms with Gasteiger partial charge in [0.1, 0.15) is 0 Å². The normalized spacial score (nSPS) is 12.5. The van der Waals surface area contributed by atoms with Crippen molar-refractivity contribution in [2.24, 2.45) is 0 Å². The Hall–Kier alpha value is -1.11. The van der Waals surface area contributed by atoms with Gasteiger partial charge in [0.05, 0.1) is 12.0 Å². The number of aliphatic hydroxyl groups excluding tert-OH is 1. The van der Waals surface area contributed by atoms with E-state index in [1.54, 1.807) is 13.8 Å². The van der Waals surface area contributed by atoms with Crippen LogP contribution in [0.1, 0.15) is 26.2 Å². The summed E-state index contributed by atoms with van der Waals surface area (Å²) in [5, 5.41) is 18.9. The largest absolute Gasteiger partial charge is 0.395 e. The van der Waals surface area contributed by atoms with Crippen molar-refractivity contribution in [3.63, 3.8) is 0 Å². The fourth-order valence-electron chi connectivity index (χ4n) is 0.649. The van der Waals surface area contributed by atoms with Crippen LogP contribution in [0.25, 0.3) is 0 Å². The lowest BCUT2D eigenvalue weighted by Crippen LogP contribution is -2.24. The van der Waals surface area contributed by atoms with Gasteiger partial charge in [0, 0.05) is 0 Å². The Morgan fingerprint density at radius 2 is 2.15 bits per heavy atom. The summed E-state index contributed by atoms with van der Waals surface area (Å²) in [7, 11) is 0. The maximum Gasteiger partial charge on any atom is 0.350 e. The van der Waals surface area contributed by atoms with Crippen molar-refractivity contribution in [1.29, 1.82) is 0 Å². The molecule has 74 valence electrons. The predicted octanol–water partition coefficient (Wildman–Crippen LogP) is 0.338. The van der Waals surface area contributed by atoms with Gasteiger partial charge in [0.2, 0.25) is 0 Å². The fraction of sp³-hybridized carbons (Fsp3) is 0.833. The van der Waals surface area contributed by atoms with Crippen molar-refractivity contribution in [1.82, 2.24) is 20.2 Å². The Morgan fingerprint density at radius 3 is 2.54 bits per heavy atom. The number of aromatic nitrogens is 4. The second-order valence-electron chi connectivity index (χ2n) is 3.25. The summed E-state index contributed by atoms with van der Waals surface area (Å²) >= 11 is 0. The van der Waals surface area contributed by atoms with Crippen molar-refractivity contribution in [2.75, 3.05) is 6.61 Å². The zero-order valence-electron chi connectivity index (χ0n) is 7.28. The van der Waals surface area contributed by atoms with E-state index in [-0.39, 0.29) is 17.2 Å². The maximum atomic E-state index is 12.0. The van der Waals surface area contributed by atoms with Gasteiger partial charge in [0.15, 0.2) is 5.82 Å². The van der Waals surface area contributed by atoms with Gasteiger partial charge in [-0.25, -0.2) is 0 Å². The van der Waals surface area contributed by atoms with E-state index in [2.05, 4.69) is 15.4 Å². The molecular weight excluding hydrogens is 182 g/mol. The van der Waals surface area contributed by atoms with E-state index in [1.807, 2.05) is 0 Å². The molecule has 1 aromatic heterocycles. The van der Waals surface area contributed by atoms with Crippen LogP contribution >= 0.6 is 0 Å². The Balaban J connectivity index is 2.91. The first kappa shape index (κ1) is 9.97. The third-order valence-corrected chi connectivity index (χ3v) is 1.60. The van der Waals surface area contributed by atoms with E-state index < -0.39 is 12.0 Å². The average Bonchev–Trinajstić information content (AvgIpc) is 2.52. The van der Waals surface area contributed by atoms with E-state index >= 15 is 0 Å². The predicted molar refractivity (Wildman–Crippen MR) is 39.2 cm³/mol. The number of nitrogens with zero attached hydrogens (tertiary/aromatic N) is 4. The van der Waals surface area contributed by atoms with E-state index in [9.17, 15) is 8.78 Å². The topological polar surface area (TPSA) is 63.8 Å². The molecule has 0 amide bonds. The molecular formula is C6H10F2N4O. The van der Waals surface area contributed by atoms with Gasteiger partial charge in [0.25, 0.3) is 0 Å². The van der Waals surface area contributed by atoms with Crippen LogP contribution < -0.4 is 0 Å². The number of tetrazole rings is 1. The molecule has 1 aromatic rings. The third kappa shape index (κ3) is 1.97. The van der Waals surface area contributed by atoms with Crippen LogP contribution in [0, 0.1) is 0 Å². The Labute approximate surface area is 73.4 Å². The molecule has 5 nitrogen and oxygen atoms in total. The molecule has 0 atom stereocenters. The number of aliphatic hydroxyl groups is 1. The first-order valence-electron chi connectivity index (χ1n) is 3.66. The van der Waals surface area contributed by atoms with E-state index in [0.29, 0.717) is 0 Å². The van der Waals surface area contributed by atoms with Crippen LogP contribution in [-0.2, 0) is 5.41 Å². The molecule has 1 heterocycles. The summed E-state index contributed by atoms with van der Waals surface area (Å²) < 4.78 is 24.0. The monoisotopic (exact) mass is 192 g/mol. The summed E-state index contributed by atoms with van der Waals surface area (Å²) in [5.41, 5.74) is -0.743. The summed E-state index contributed by atoms with van der Waals surface area (Å²) in [5.74, 6) is 0.107. The molecule has 0 unspecified atom stereocenters. The van der Waals surface area contributed by atoms with Crippen LogP contribution in [0.4, 0.5) is 8.78 Å². The Kier molecular flexibility index (Phi) is 2.55. The zero-order chi connectivity index (χ0) is 10.1. The SMILES string of the molecule is CC(C)(CO)c1nnn(C(F)F)n1. The highest BCUT2D eigenvalue weighted by Gasteiger charge is 2.26. The van der Waals surface area contributed by atoms with Crippen LogP contribution in [0.5, 0.6) is 0 Å². The van der Waals surface area contributed by atoms with E-state index in [0.717, 1.165) is 0 Å². The molecule has 0 aliphatic carbocycles. The number of hydrogen-bond acceptors (Lipinski definition) is 4. The molecule has 1 rings (SSSR count). The maximum absolute atomic E-state index is 12.0. The van der Waals surface area contributed by atoms with Crippen molar-refractivity contribution >= 4 is 0 Å². The highest BCUT2D eigenvalue weighted by molar-refractivity contribution is 4.99. The second kappa shape index (κ2) is 3.33. The van der Waals surface area contributed by atoms with Crippen molar-refractivity contribution in [3.05, 3.63) is 5.82 Å². The standard InChI is InChI=1S/C6H10F2N4O/c1-6(2,3-13)4-9-11-12(10-4)5(7)8/h5,13H,3H2,1-2H3. The molecule has 0 spiro atoms. The molecule has 0 aromatic carbocycles. The minimum Gasteiger partial charge on any atom is -0.395 e. The Bertz CT molecular complexity index is 286. The van der Waals surface area contributed by atoms with E-state index in [4.69, 9.17) is 5.11 Å². The smallest absolute Gasteiger partial charge is 0.350 e. The van der Waals surface area contributed by atoms with Crippen molar-refractivity contribution in [2.45, 2.75) is 25.8 Å². The molecule has 0 aliphatic heterocycles. The molecule has 13 heavy (non-hydrogen) atoms. The van der Waals surface area contributed by atoms with Gasteiger partial charge >= 0.3 is 6.55 Å². The molecule has 0 radical (unpaired) electrons. The molecule has 0 aliphatic rings. The summed E-state index contributed by atoms with van der Waals surface area (Å²) in [6.45, 7) is 0.262. The van der Waals surface area contributed by atoms with E-state index in [1.165, 1.54) is 0 Å². The minimum absolute atomic E-state index is 0.107. The zero-order valence-corrected chi connectivity index (χ0v) is 7.28. The van der Waals surface area contributed by atoms with Gasteiger partial charge in [-0.15, -0.1) is 10.2 Å². The van der Waals surface area contributed by atoms with Crippen LogP contribution in [0.3, 0.4) is 0 Å². The first-order valence-corrected chi connectivity index (χ1v) is 3.66. The molecule has 0 saturated heterocycles. The van der Waals surface area contributed by atoms with Gasteiger partial charge in [-0.3, -0.25) is 0 Å². The lowest BCUT2D eigenvalue weighted by molar-refractivity contribution is 0.0389. The number of alkyl halides is 2. The quantitative estimate of drug-likeness (QED) is 0.749. The first-order chi connectivity index (χ1) is 5.97. The van der Waals surface area contributed by atoms with Gasteiger partial charge < -0.3 is 5.11 Å². The van der Waals surface area contributed by atoms with Crippen LogP contribution in [-0.4, -0.2) is 31.9 Å². The highest BCUT2D eigenvalue weighted by Crippen LogP contribution is 2.18. The minimum atomic E-state index is -2.80. The van der Waals surface area contributed by atoms with Gasteiger partial charge in [-0.05, 0) is 5.21 Å². The fourth-order valence-corrected chi connectivity index (χ4v) is 0.649. The molecule has 0 bridgehead atoms. The van der Waals surface area contributed by atoms with Crippen LogP contribution in [0.15, 0.2) is 0 Å². The summed E-state index contributed by atoms with van der Waals surface area (Å²) in [4.78, 5) is 0.215. The summed E-state index contributed by atoms with van der Waals surface area (Å²) in [6.07, 6.45) is 0. The number of halogens is 2. The van der Waals surface area contributed by atoms with Crippen molar-refractivity contribution in [3.8, 4) is 0 Å².